The molecule has 2 aromatic rings. The van der Waals surface area contributed by atoms with Crippen LogP contribution in [0.25, 0.3) is 0 Å². The number of hydrogen-bond acceptors (Lipinski definition) is 4. The van der Waals surface area contributed by atoms with Crippen LogP contribution in [0.2, 0.25) is 0 Å². The highest BCUT2D eigenvalue weighted by molar-refractivity contribution is 7.99. The van der Waals surface area contributed by atoms with Gasteiger partial charge in [0.15, 0.2) is 0 Å². The lowest BCUT2D eigenvalue weighted by molar-refractivity contribution is 0.719. The van der Waals surface area contributed by atoms with E-state index >= 15 is 0 Å². The predicted molar refractivity (Wildman–Crippen MR) is 74.8 cm³/mol. The van der Waals surface area contributed by atoms with E-state index in [1.165, 1.54) is 15.5 Å². The Morgan fingerprint density at radius 3 is 3.06 bits per heavy atom. The zero-order chi connectivity index (χ0) is 12.1. The lowest BCUT2D eigenvalue weighted by Gasteiger charge is -2.13. The van der Waals surface area contributed by atoms with E-state index in [1.807, 2.05) is 30.5 Å². The highest BCUT2D eigenvalue weighted by Crippen LogP contribution is 2.39. The Morgan fingerprint density at radius 1 is 1.59 bits per heavy atom. The van der Waals surface area contributed by atoms with Crippen LogP contribution in [0, 0.1) is 6.92 Å². The largest absolute Gasteiger partial charge is 0.364 e. The van der Waals surface area contributed by atoms with Crippen molar-refractivity contribution in [3.8, 4) is 0 Å². The minimum Gasteiger partial charge on any atom is -0.364 e. The van der Waals surface area contributed by atoms with Gasteiger partial charge in [-0.15, -0.1) is 23.1 Å². The number of nitrogens with zero attached hydrogens (tertiary/aromatic N) is 1. The smallest absolute Gasteiger partial charge is 0.0794 e. The van der Waals surface area contributed by atoms with E-state index in [2.05, 4.69) is 34.5 Å². The van der Waals surface area contributed by atoms with Crippen LogP contribution in [-0.2, 0) is 0 Å². The molecule has 0 saturated carbocycles. The summed E-state index contributed by atoms with van der Waals surface area (Å²) in [5.74, 6) is 0. The van der Waals surface area contributed by atoms with Crippen LogP contribution in [0.1, 0.15) is 22.2 Å². The number of rotatable bonds is 6. The molecule has 5 heteroatoms. The summed E-state index contributed by atoms with van der Waals surface area (Å²) in [6.07, 6.45) is 5.18. The predicted octanol–water partition coefficient (Wildman–Crippen LogP) is 3.22. The molecule has 17 heavy (non-hydrogen) atoms. The van der Waals surface area contributed by atoms with Gasteiger partial charge in [-0.3, -0.25) is 4.98 Å². The molecule has 0 aliphatic carbocycles. The fourth-order valence-electron chi connectivity index (χ4n) is 1.63. The first-order chi connectivity index (χ1) is 8.29. The molecule has 2 heterocycles. The van der Waals surface area contributed by atoms with Gasteiger partial charge in [-0.2, -0.15) is 0 Å². The first-order valence-electron chi connectivity index (χ1n) is 5.64. The normalized spacial score (nSPS) is 12.8. The van der Waals surface area contributed by atoms with Gasteiger partial charge in [-0.25, -0.2) is 0 Å². The molecule has 0 bridgehead atoms. The Morgan fingerprint density at radius 2 is 2.47 bits per heavy atom. The Hall–Kier alpha value is -0.780. The molecule has 0 amide bonds. The minimum atomic E-state index is 0.491. The van der Waals surface area contributed by atoms with E-state index < -0.39 is 0 Å². The van der Waals surface area contributed by atoms with Gasteiger partial charge >= 0.3 is 0 Å². The number of aromatic amines is 1. The van der Waals surface area contributed by atoms with Gasteiger partial charge in [-0.05, 0) is 33.0 Å². The molecule has 0 saturated heterocycles. The lowest BCUT2D eigenvalue weighted by atomic mass is 10.3. The molecule has 1 atom stereocenters. The van der Waals surface area contributed by atoms with Crippen molar-refractivity contribution in [1.82, 2.24) is 15.3 Å². The van der Waals surface area contributed by atoms with E-state index in [0.29, 0.717) is 5.25 Å². The third-order valence-electron chi connectivity index (χ3n) is 2.50. The highest BCUT2D eigenvalue weighted by atomic mass is 32.2. The standard InChI is InChI=1S/C12H17N3S2/c1-9-5-10(6-15-9)17-11(3-4-13-2)12-7-14-8-16-12/h5-8,11,13,15H,3-4H2,1-2H3. The van der Waals surface area contributed by atoms with E-state index in [-0.39, 0.29) is 0 Å². The van der Waals surface area contributed by atoms with E-state index in [4.69, 9.17) is 0 Å². The molecule has 0 aromatic carbocycles. The number of aryl methyl sites for hydroxylation is 1. The first kappa shape index (κ1) is 12.7. The van der Waals surface area contributed by atoms with Gasteiger partial charge in [0.05, 0.1) is 5.51 Å². The van der Waals surface area contributed by atoms with Crippen LogP contribution >= 0.6 is 23.1 Å². The van der Waals surface area contributed by atoms with Crippen molar-refractivity contribution in [1.29, 1.82) is 0 Å². The monoisotopic (exact) mass is 267 g/mol. The summed E-state index contributed by atoms with van der Waals surface area (Å²) in [6.45, 7) is 3.11. The number of hydrogen-bond donors (Lipinski definition) is 2. The molecule has 2 aromatic heterocycles. The quantitative estimate of drug-likeness (QED) is 0.790. The summed E-state index contributed by atoms with van der Waals surface area (Å²) >= 11 is 3.64. The Kier molecular flexibility index (Phi) is 4.65. The molecular weight excluding hydrogens is 250 g/mol. The highest BCUT2D eigenvalue weighted by Gasteiger charge is 2.14. The number of nitrogens with one attached hydrogen (secondary N) is 2. The average Bonchev–Trinajstić information content (AvgIpc) is 2.95. The van der Waals surface area contributed by atoms with Gasteiger partial charge < -0.3 is 10.3 Å². The SMILES string of the molecule is CNCCC(Sc1c[nH]c(C)c1)c1cncs1. The van der Waals surface area contributed by atoms with E-state index in [0.717, 1.165) is 13.0 Å². The average molecular weight is 267 g/mol. The summed E-state index contributed by atoms with van der Waals surface area (Å²) in [5.41, 5.74) is 3.12. The first-order valence-corrected chi connectivity index (χ1v) is 7.40. The van der Waals surface area contributed by atoms with Crippen LogP contribution in [-0.4, -0.2) is 23.6 Å². The van der Waals surface area contributed by atoms with E-state index in [1.54, 1.807) is 11.3 Å². The molecule has 1 unspecified atom stereocenters. The minimum absolute atomic E-state index is 0.491. The summed E-state index contributed by atoms with van der Waals surface area (Å²) in [5, 5.41) is 3.71. The van der Waals surface area contributed by atoms with Crippen LogP contribution in [0.15, 0.2) is 28.9 Å². The van der Waals surface area contributed by atoms with Crippen molar-refractivity contribution < 1.29 is 0 Å². The third-order valence-corrected chi connectivity index (χ3v) is 4.82. The third kappa shape index (κ3) is 3.59. The molecule has 0 spiro atoms. The van der Waals surface area contributed by atoms with Crippen molar-refractivity contribution in [2.24, 2.45) is 0 Å². The molecule has 3 nitrogen and oxygen atoms in total. The van der Waals surface area contributed by atoms with Crippen molar-refractivity contribution >= 4 is 23.1 Å². The second-order valence-electron chi connectivity index (χ2n) is 3.92. The van der Waals surface area contributed by atoms with Gasteiger partial charge in [0.1, 0.15) is 0 Å². The second kappa shape index (κ2) is 6.23. The summed E-state index contributed by atoms with van der Waals surface area (Å²) < 4.78 is 0. The lowest BCUT2D eigenvalue weighted by Crippen LogP contribution is -2.10. The number of thioether (sulfide) groups is 1. The molecule has 2 rings (SSSR count). The molecular formula is C12H17N3S2. The van der Waals surface area contributed by atoms with Crippen molar-refractivity contribution in [2.75, 3.05) is 13.6 Å². The molecule has 0 radical (unpaired) electrons. The second-order valence-corrected chi connectivity index (χ2v) is 6.11. The summed E-state index contributed by atoms with van der Waals surface area (Å²) in [6, 6.07) is 2.19. The fourth-order valence-corrected chi connectivity index (χ4v) is 3.69. The van der Waals surface area contributed by atoms with E-state index in [9.17, 15) is 0 Å². The Balaban J connectivity index is 2.05. The van der Waals surface area contributed by atoms with Gasteiger partial charge in [0.25, 0.3) is 0 Å². The van der Waals surface area contributed by atoms with Gasteiger partial charge in [0.2, 0.25) is 0 Å². The van der Waals surface area contributed by atoms with Gasteiger partial charge in [0, 0.05) is 33.1 Å². The fraction of sp³-hybridized carbons (Fsp3) is 0.417. The topological polar surface area (TPSA) is 40.7 Å². The summed E-state index contributed by atoms with van der Waals surface area (Å²) in [4.78, 5) is 10.1. The number of aromatic nitrogens is 2. The maximum absolute atomic E-state index is 4.17. The van der Waals surface area contributed by atoms with Gasteiger partial charge in [-0.1, -0.05) is 0 Å². The molecule has 0 fully saturated rings. The zero-order valence-electron chi connectivity index (χ0n) is 10.1. The zero-order valence-corrected chi connectivity index (χ0v) is 11.7. The number of H-pyrrole nitrogens is 1. The Bertz CT molecular complexity index is 436. The molecule has 92 valence electrons. The molecule has 0 aliphatic rings. The van der Waals surface area contributed by atoms with Crippen molar-refractivity contribution in [2.45, 2.75) is 23.5 Å². The maximum atomic E-state index is 4.17. The molecule has 0 aliphatic heterocycles. The Labute approximate surface area is 110 Å². The van der Waals surface area contributed by atoms with Crippen molar-refractivity contribution in [3.63, 3.8) is 0 Å². The van der Waals surface area contributed by atoms with Crippen LogP contribution in [0.3, 0.4) is 0 Å². The van der Waals surface area contributed by atoms with Crippen LogP contribution in [0.5, 0.6) is 0 Å². The maximum Gasteiger partial charge on any atom is 0.0794 e. The number of thiazole rings is 1. The molecule has 2 N–H and O–H groups in total. The van der Waals surface area contributed by atoms with Crippen LogP contribution in [0.4, 0.5) is 0 Å². The summed E-state index contributed by atoms with van der Waals surface area (Å²) in [7, 11) is 1.99. The van der Waals surface area contributed by atoms with Crippen molar-refractivity contribution in [3.05, 3.63) is 34.5 Å². The van der Waals surface area contributed by atoms with Crippen LogP contribution < -0.4 is 5.32 Å².